The molecule has 116 valence electrons. The maximum Gasteiger partial charge on any atom is 0.387 e. The monoisotopic (exact) mass is 308 g/mol. The third-order valence-electron chi connectivity index (χ3n) is 2.87. The van der Waals surface area contributed by atoms with E-state index >= 15 is 0 Å². The molecule has 2 aromatic rings. The molecule has 0 aliphatic rings. The first-order valence-corrected chi connectivity index (χ1v) is 6.42. The summed E-state index contributed by atoms with van der Waals surface area (Å²) in [5, 5.41) is 0. The highest BCUT2D eigenvalue weighted by molar-refractivity contribution is 5.76. The molecule has 22 heavy (non-hydrogen) atoms. The standard InChI is InChI=1S/C16H14F2O4/c1-20-13-5-2-11(3-6-13)10-21-15-8-12(9-19)4-7-14(15)22-16(17)18/h2-9,16H,10H2,1H3. The lowest BCUT2D eigenvalue weighted by molar-refractivity contribution is -0.0515. The van der Waals surface area contributed by atoms with Gasteiger partial charge in [-0.1, -0.05) is 12.1 Å². The molecule has 0 unspecified atom stereocenters. The molecule has 4 nitrogen and oxygen atoms in total. The average molecular weight is 308 g/mol. The van der Waals surface area contributed by atoms with Gasteiger partial charge in [-0.15, -0.1) is 0 Å². The summed E-state index contributed by atoms with van der Waals surface area (Å²) in [5.74, 6) is 0.670. The van der Waals surface area contributed by atoms with Crippen molar-refractivity contribution in [3.63, 3.8) is 0 Å². The van der Waals surface area contributed by atoms with Crippen LogP contribution < -0.4 is 14.2 Å². The molecule has 0 radical (unpaired) electrons. The number of carbonyl (C=O) groups is 1. The van der Waals surface area contributed by atoms with E-state index in [1.165, 1.54) is 18.2 Å². The minimum Gasteiger partial charge on any atom is -0.497 e. The Morgan fingerprint density at radius 2 is 1.82 bits per heavy atom. The minimum atomic E-state index is -2.97. The van der Waals surface area contributed by atoms with Gasteiger partial charge in [0.25, 0.3) is 0 Å². The molecular weight excluding hydrogens is 294 g/mol. The fourth-order valence-corrected chi connectivity index (χ4v) is 1.79. The smallest absolute Gasteiger partial charge is 0.387 e. The summed E-state index contributed by atoms with van der Waals surface area (Å²) in [7, 11) is 1.56. The van der Waals surface area contributed by atoms with Crippen molar-refractivity contribution in [2.24, 2.45) is 0 Å². The second kappa shape index (κ2) is 7.40. The summed E-state index contributed by atoms with van der Waals surface area (Å²) in [5.41, 5.74) is 1.13. The molecule has 0 atom stereocenters. The van der Waals surface area contributed by atoms with Gasteiger partial charge in [-0.2, -0.15) is 8.78 Å². The maximum atomic E-state index is 12.4. The van der Waals surface area contributed by atoms with Crippen LogP contribution in [0.1, 0.15) is 15.9 Å². The van der Waals surface area contributed by atoms with E-state index in [2.05, 4.69) is 4.74 Å². The topological polar surface area (TPSA) is 44.8 Å². The van der Waals surface area contributed by atoms with E-state index in [4.69, 9.17) is 9.47 Å². The van der Waals surface area contributed by atoms with Gasteiger partial charge in [0.15, 0.2) is 11.5 Å². The SMILES string of the molecule is COc1ccc(COc2cc(C=O)ccc2OC(F)F)cc1. The highest BCUT2D eigenvalue weighted by Crippen LogP contribution is 2.30. The second-order valence-electron chi connectivity index (χ2n) is 4.34. The molecule has 0 saturated heterocycles. The number of aldehydes is 1. The van der Waals surface area contributed by atoms with Crippen molar-refractivity contribution in [2.75, 3.05) is 7.11 Å². The molecule has 0 aromatic heterocycles. The van der Waals surface area contributed by atoms with Crippen LogP contribution in [0.2, 0.25) is 0 Å². The van der Waals surface area contributed by atoms with Crippen molar-refractivity contribution in [3.05, 3.63) is 53.6 Å². The second-order valence-corrected chi connectivity index (χ2v) is 4.34. The highest BCUT2D eigenvalue weighted by atomic mass is 19.3. The summed E-state index contributed by atoms with van der Waals surface area (Å²) in [6, 6.07) is 11.1. The molecule has 0 saturated carbocycles. The Bertz CT molecular complexity index is 627. The summed E-state index contributed by atoms with van der Waals surface area (Å²) in [6.45, 7) is -2.82. The van der Waals surface area contributed by atoms with Gasteiger partial charge in [0, 0.05) is 5.56 Å². The Morgan fingerprint density at radius 3 is 2.41 bits per heavy atom. The average Bonchev–Trinajstić information content (AvgIpc) is 2.54. The predicted molar refractivity (Wildman–Crippen MR) is 75.8 cm³/mol. The molecule has 6 heteroatoms. The molecular formula is C16H14F2O4. The normalized spacial score (nSPS) is 10.4. The minimum absolute atomic E-state index is 0.0840. The van der Waals surface area contributed by atoms with Crippen LogP contribution in [0.25, 0.3) is 0 Å². The Labute approximate surface area is 126 Å². The molecule has 0 amide bonds. The van der Waals surface area contributed by atoms with Crippen LogP contribution in [0, 0.1) is 0 Å². The number of methoxy groups -OCH3 is 1. The zero-order chi connectivity index (χ0) is 15.9. The van der Waals surface area contributed by atoms with E-state index in [9.17, 15) is 13.6 Å². The van der Waals surface area contributed by atoms with Crippen LogP contribution in [0.15, 0.2) is 42.5 Å². The van der Waals surface area contributed by atoms with Crippen LogP contribution in [-0.4, -0.2) is 20.0 Å². The molecule has 0 aliphatic carbocycles. The molecule has 2 aromatic carbocycles. The lowest BCUT2D eigenvalue weighted by atomic mass is 10.2. The van der Waals surface area contributed by atoms with E-state index in [1.807, 2.05) is 0 Å². The molecule has 2 rings (SSSR count). The molecule has 0 fully saturated rings. The van der Waals surface area contributed by atoms with E-state index in [1.54, 1.807) is 31.4 Å². The van der Waals surface area contributed by atoms with Crippen molar-refractivity contribution < 1.29 is 27.8 Å². The van der Waals surface area contributed by atoms with Crippen LogP contribution >= 0.6 is 0 Å². The number of halogens is 2. The van der Waals surface area contributed by atoms with Gasteiger partial charge in [-0.25, -0.2) is 0 Å². The number of alkyl halides is 2. The van der Waals surface area contributed by atoms with Crippen LogP contribution in [0.3, 0.4) is 0 Å². The van der Waals surface area contributed by atoms with Crippen molar-refractivity contribution >= 4 is 6.29 Å². The van der Waals surface area contributed by atoms with Gasteiger partial charge < -0.3 is 14.2 Å². The van der Waals surface area contributed by atoms with E-state index in [0.29, 0.717) is 17.6 Å². The van der Waals surface area contributed by atoms with E-state index < -0.39 is 6.61 Å². The van der Waals surface area contributed by atoms with Crippen molar-refractivity contribution in [2.45, 2.75) is 13.2 Å². The quantitative estimate of drug-likeness (QED) is 0.732. The third-order valence-corrected chi connectivity index (χ3v) is 2.87. The van der Waals surface area contributed by atoms with Gasteiger partial charge in [-0.3, -0.25) is 4.79 Å². The van der Waals surface area contributed by atoms with Crippen molar-refractivity contribution in [3.8, 4) is 17.2 Å². The highest BCUT2D eigenvalue weighted by Gasteiger charge is 2.12. The first-order chi connectivity index (χ1) is 10.6. The number of hydrogen-bond acceptors (Lipinski definition) is 4. The summed E-state index contributed by atoms with van der Waals surface area (Å²) < 4.78 is 39.6. The Morgan fingerprint density at radius 1 is 1.09 bits per heavy atom. The maximum absolute atomic E-state index is 12.4. The summed E-state index contributed by atoms with van der Waals surface area (Å²) in [6.07, 6.45) is 0.604. The lowest BCUT2D eigenvalue weighted by Gasteiger charge is -2.13. The molecule has 0 spiro atoms. The largest absolute Gasteiger partial charge is 0.497 e. The van der Waals surface area contributed by atoms with Gasteiger partial charge in [0.05, 0.1) is 7.11 Å². The number of ether oxygens (including phenoxy) is 3. The molecule has 0 N–H and O–H groups in total. The first kappa shape index (κ1) is 15.8. The fourth-order valence-electron chi connectivity index (χ4n) is 1.79. The van der Waals surface area contributed by atoms with Gasteiger partial charge in [0.1, 0.15) is 18.6 Å². The fraction of sp³-hybridized carbons (Fsp3) is 0.188. The van der Waals surface area contributed by atoms with Gasteiger partial charge in [0.2, 0.25) is 0 Å². The number of hydrogen-bond donors (Lipinski definition) is 0. The van der Waals surface area contributed by atoms with Crippen molar-refractivity contribution in [1.29, 1.82) is 0 Å². The third kappa shape index (κ3) is 4.18. The van der Waals surface area contributed by atoms with Crippen molar-refractivity contribution in [1.82, 2.24) is 0 Å². The zero-order valence-electron chi connectivity index (χ0n) is 11.8. The van der Waals surface area contributed by atoms with Gasteiger partial charge >= 0.3 is 6.61 Å². The van der Waals surface area contributed by atoms with E-state index in [-0.39, 0.29) is 18.1 Å². The van der Waals surface area contributed by atoms with Crippen LogP contribution in [-0.2, 0) is 6.61 Å². The Kier molecular flexibility index (Phi) is 5.30. The number of benzene rings is 2. The van der Waals surface area contributed by atoms with Gasteiger partial charge in [-0.05, 0) is 35.9 Å². The van der Waals surface area contributed by atoms with E-state index in [0.717, 1.165) is 5.56 Å². The Balaban J connectivity index is 2.13. The first-order valence-electron chi connectivity index (χ1n) is 6.42. The van der Waals surface area contributed by atoms with Crippen LogP contribution in [0.5, 0.6) is 17.2 Å². The zero-order valence-corrected chi connectivity index (χ0v) is 11.8. The van der Waals surface area contributed by atoms with Crippen LogP contribution in [0.4, 0.5) is 8.78 Å². The Hall–Kier alpha value is -2.63. The number of rotatable bonds is 7. The summed E-state index contributed by atoms with van der Waals surface area (Å²) >= 11 is 0. The molecule has 0 aliphatic heterocycles. The molecule has 0 bridgehead atoms. The lowest BCUT2D eigenvalue weighted by Crippen LogP contribution is -2.05. The summed E-state index contributed by atoms with van der Waals surface area (Å²) in [4.78, 5) is 10.8. The number of carbonyl (C=O) groups excluding carboxylic acids is 1. The predicted octanol–water partition coefficient (Wildman–Crippen LogP) is 3.69. The molecule has 0 heterocycles.